The smallest absolute Gasteiger partial charge is 0.249 e. The molecule has 0 saturated carbocycles. The van der Waals surface area contributed by atoms with E-state index >= 15 is 0 Å². The zero-order chi connectivity index (χ0) is 14.0. The van der Waals surface area contributed by atoms with Gasteiger partial charge in [0.25, 0.3) is 0 Å². The number of ether oxygens (including phenoxy) is 2. The SMILES string of the molecule is COc1ncnc(Oc2c(C)ccc(C)c2C)c1N. The van der Waals surface area contributed by atoms with Crippen LogP contribution < -0.4 is 15.2 Å². The average molecular weight is 259 g/mol. The summed E-state index contributed by atoms with van der Waals surface area (Å²) in [7, 11) is 1.51. The molecule has 1 aromatic heterocycles. The third kappa shape index (κ3) is 2.45. The number of aryl methyl sites for hydroxylation is 2. The van der Waals surface area contributed by atoms with Gasteiger partial charge in [-0.2, -0.15) is 9.97 Å². The molecule has 0 fully saturated rings. The van der Waals surface area contributed by atoms with E-state index in [1.54, 1.807) is 0 Å². The van der Waals surface area contributed by atoms with Crippen LogP contribution in [0, 0.1) is 20.8 Å². The lowest BCUT2D eigenvalue weighted by atomic mass is 10.1. The summed E-state index contributed by atoms with van der Waals surface area (Å²) < 4.78 is 10.9. The van der Waals surface area contributed by atoms with Gasteiger partial charge in [-0.3, -0.25) is 0 Å². The Balaban J connectivity index is 2.45. The number of nitrogens with zero attached hydrogens (tertiary/aromatic N) is 2. The molecule has 0 amide bonds. The molecule has 0 saturated heterocycles. The molecule has 1 aromatic carbocycles. The molecule has 0 aliphatic rings. The number of benzene rings is 1. The van der Waals surface area contributed by atoms with Gasteiger partial charge in [0.1, 0.15) is 12.1 Å². The number of rotatable bonds is 3. The van der Waals surface area contributed by atoms with Crippen molar-refractivity contribution < 1.29 is 9.47 Å². The van der Waals surface area contributed by atoms with Crippen molar-refractivity contribution in [3.63, 3.8) is 0 Å². The van der Waals surface area contributed by atoms with E-state index in [9.17, 15) is 0 Å². The molecule has 0 unspecified atom stereocenters. The lowest BCUT2D eigenvalue weighted by Crippen LogP contribution is -2.02. The van der Waals surface area contributed by atoms with E-state index in [4.69, 9.17) is 15.2 Å². The first-order valence-corrected chi connectivity index (χ1v) is 5.93. The highest BCUT2D eigenvalue weighted by molar-refractivity contribution is 5.58. The normalized spacial score (nSPS) is 10.3. The van der Waals surface area contributed by atoms with Crippen LogP contribution in [0.25, 0.3) is 0 Å². The summed E-state index contributed by atoms with van der Waals surface area (Å²) in [6.07, 6.45) is 1.37. The second kappa shape index (κ2) is 5.14. The van der Waals surface area contributed by atoms with Crippen molar-refractivity contribution in [1.82, 2.24) is 9.97 Å². The Morgan fingerprint density at radius 2 is 1.63 bits per heavy atom. The third-order valence-corrected chi connectivity index (χ3v) is 3.08. The summed E-state index contributed by atoms with van der Waals surface area (Å²) in [5.74, 6) is 1.39. The summed E-state index contributed by atoms with van der Waals surface area (Å²) in [5, 5.41) is 0. The molecule has 0 aliphatic heterocycles. The largest absolute Gasteiger partial charge is 0.479 e. The fraction of sp³-hybridized carbons (Fsp3) is 0.286. The van der Waals surface area contributed by atoms with Crippen LogP contribution in [-0.2, 0) is 0 Å². The molecule has 0 aliphatic carbocycles. The number of methoxy groups -OCH3 is 1. The van der Waals surface area contributed by atoms with E-state index in [0.717, 1.165) is 22.4 Å². The first-order valence-electron chi connectivity index (χ1n) is 5.93. The quantitative estimate of drug-likeness (QED) is 0.917. The Kier molecular flexibility index (Phi) is 3.55. The van der Waals surface area contributed by atoms with Crippen LogP contribution in [-0.4, -0.2) is 17.1 Å². The lowest BCUT2D eigenvalue weighted by Gasteiger charge is -2.14. The molecule has 2 aromatic rings. The van der Waals surface area contributed by atoms with Crippen LogP contribution in [0.4, 0.5) is 5.69 Å². The van der Waals surface area contributed by atoms with E-state index in [0.29, 0.717) is 17.4 Å². The van der Waals surface area contributed by atoms with Gasteiger partial charge in [-0.05, 0) is 37.5 Å². The summed E-state index contributed by atoms with van der Waals surface area (Å²) in [4.78, 5) is 7.98. The zero-order valence-corrected chi connectivity index (χ0v) is 11.5. The highest BCUT2D eigenvalue weighted by Gasteiger charge is 2.14. The van der Waals surface area contributed by atoms with E-state index < -0.39 is 0 Å². The minimum atomic E-state index is 0.297. The van der Waals surface area contributed by atoms with Gasteiger partial charge in [-0.15, -0.1) is 0 Å². The highest BCUT2D eigenvalue weighted by atomic mass is 16.5. The van der Waals surface area contributed by atoms with Crippen molar-refractivity contribution in [3.8, 4) is 17.5 Å². The first-order chi connectivity index (χ1) is 9.04. The van der Waals surface area contributed by atoms with Crippen LogP contribution in [0.1, 0.15) is 16.7 Å². The second-order valence-corrected chi connectivity index (χ2v) is 4.36. The molecular weight excluding hydrogens is 242 g/mol. The second-order valence-electron chi connectivity index (χ2n) is 4.36. The summed E-state index contributed by atoms with van der Waals surface area (Å²) >= 11 is 0. The summed E-state index contributed by atoms with van der Waals surface area (Å²) in [6, 6.07) is 4.06. The maximum atomic E-state index is 5.90. The molecule has 5 nitrogen and oxygen atoms in total. The number of hydrogen-bond donors (Lipinski definition) is 1. The van der Waals surface area contributed by atoms with Crippen LogP contribution in [0.3, 0.4) is 0 Å². The van der Waals surface area contributed by atoms with Crippen molar-refractivity contribution in [3.05, 3.63) is 35.2 Å². The molecule has 0 radical (unpaired) electrons. The van der Waals surface area contributed by atoms with E-state index in [-0.39, 0.29) is 0 Å². The van der Waals surface area contributed by atoms with Crippen molar-refractivity contribution in [2.75, 3.05) is 12.8 Å². The minimum absolute atomic E-state index is 0.297. The van der Waals surface area contributed by atoms with Gasteiger partial charge in [0, 0.05) is 0 Å². The minimum Gasteiger partial charge on any atom is -0.479 e. The maximum Gasteiger partial charge on any atom is 0.249 e. The first kappa shape index (κ1) is 13.1. The Bertz CT molecular complexity index is 612. The molecule has 2 rings (SSSR count). The number of hydrogen-bond acceptors (Lipinski definition) is 5. The van der Waals surface area contributed by atoms with Crippen LogP contribution in [0.5, 0.6) is 17.5 Å². The van der Waals surface area contributed by atoms with Gasteiger partial charge in [0.2, 0.25) is 11.8 Å². The fourth-order valence-electron chi connectivity index (χ4n) is 1.79. The van der Waals surface area contributed by atoms with Gasteiger partial charge >= 0.3 is 0 Å². The third-order valence-electron chi connectivity index (χ3n) is 3.08. The van der Waals surface area contributed by atoms with Crippen molar-refractivity contribution in [2.24, 2.45) is 0 Å². The Morgan fingerprint density at radius 3 is 2.32 bits per heavy atom. The molecule has 2 N–H and O–H groups in total. The predicted octanol–water partition coefficient (Wildman–Crippen LogP) is 2.78. The number of aromatic nitrogens is 2. The monoisotopic (exact) mass is 259 g/mol. The Morgan fingerprint density at radius 1 is 1.00 bits per heavy atom. The summed E-state index contributed by atoms with van der Waals surface area (Å²) in [6.45, 7) is 6.02. The van der Waals surface area contributed by atoms with Crippen molar-refractivity contribution >= 4 is 5.69 Å². The molecule has 0 bridgehead atoms. The molecule has 100 valence electrons. The topological polar surface area (TPSA) is 70.3 Å². The number of nitrogen functional groups attached to an aromatic ring is 1. The van der Waals surface area contributed by atoms with E-state index in [2.05, 4.69) is 16.0 Å². The highest BCUT2D eigenvalue weighted by Crippen LogP contribution is 2.34. The van der Waals surface area contributed by atoms with Gasteiger partial charge in [-0.25, -0.2) is 0 Å². The lowest BCUT2D eigenvalue weighted by molar-refractivity contribution is 0.391. The number of anilines is 1. The van der Waals surface area contributed by atoms with Crippen molar-refractivity contribution in [1.29, 1.82) is 0 Å². The van der Waals surface area contributed by atoms with Gasteiger partial charge in [-0.1, -0.05) is 12.1 Å². The van der Waals surface area contributed by atoms with Crippen LogP contribution in [0.2, 0.25) is 0 Å². The Labute approximate surface area is 112 Å². The standard InChI is InChI=1S/C14H17N3O2/c1-8-5-6-9(2)12(10(8)3)19-14-11(15)13(18-4)16-7-17-14/h5-7H,15H2,1-4H3. The molecule has 0 spiro atoms. The van der Waals surface area contributed by atoms with E-state index in [1.165, 1.54) is 13.4 Å². The van der Waals surface area contributed by atoms with Crippen LogP contribution >= 0.6 is 0 Å². The summed E-state index contributed by atoms with van der Waals surface area (Å²) in [5.41, 5.74) is 9.45. The van der Waals surface area contributed by atoms with E-state index in [1.807, 2.05) is 26.8 Å². The Hall–Kier alpha value is -2.30. The molecule has 19 heavy (non-hydrogen) atoms. The maximum absolute atomic E-state index is 5.90. The fourth-order valence-corrected chi connectivity index (χ4v) is 1.79. The average Bonchev–Trinajstić information content (AvgIpc) is 2.41. The van der Waals surface area contributed by atoms with Gasteiger partial charge < -0.3 is 15.2 Å². The predicted molar refractivity (Wildman–Crippen MR) is 73.7 cm³/mol. The van der Waals surface area contributed by atoms with Gasteiger partial charge in [0.05, 0.1) is 7.11 Å². The number of nitrogens with two attached hydrogens (primary N) is 1. The molecule has 1 heterocycles. The molecule has 5 heteroatoms. The molecular formula is C14H17N3O2. The van der Waals surface area contributed by atoms with Crippen LogP contribution in [0.15, 0.2) is 18.5 Å². The molecule has 0 atom stereocenters. The zero-order valence-electron chi connectivity index (χ0n) is 11.5. The van der Waals surface area contributed by atoms with Gasteiger partial charge in [0.15, 0.2) is 5.69 Å². The van der Waals surface area contributed by atoms with Crippen molar-refractivity contribution in [2.45, 2.75) is 20.8 Å².